The van der Waals surface area contributed by atoms with Crippen molar-refractivity contribution in [1.82, 2.24) is 10.3 Å². The number of pyridine rings is 1. The number of para-hydroxylation sites is 1. The van der Waals surface area contributed by atoms with Gasteiger partial charge in [0.1, 0.15) is 5.82 Å². The molecular formula is C17H20N4. The fourth-order valence-electron chi connectivity index (χ4n) is 3.08. The molecule has 0 atom stereocenters. The summed E-state index contributed by atoms with van der Waals surface area (Å²) in [5, 5.41) is 17.1. The molecule has 0 amide bonds. The Morgan fingerprint density at radius 2 is 1.86 bits per heavy atom. The zero-order valence-corrected chi connectivity index (χ0v) is 12.3. The largest absolute Gasteiger partial charge is 0.367 e. The van der Waals surface area contributed by atoms with Crippen LogP contribution in [0.4, 0.5) is 5.82 Å². The highest BCUT2D eigenvalue weighted by Gasteiger charge is 2.20. The normalized spacial score (nSPS) is 21.9. The summed E-state index contributed by atoms with van der Waals surface area (Å²) in [7, 11) is 2.03. The maximum Gasteiger partial charge on any atom is 0.128 e. The van der Waals surface area contributed by atoms with Crippen LogP contribution in [0, 0.1) is 11.3 Å². The molecule has 4 nitrogen and oxygen atoms in total. The molecule has 21 heavy (non-hydrogen) atoms. The third-order valence-electron chi connectivity index (χ3n) is 4.32. The molecule has 4 heteroatoms. The van der Waals surface area contributed by atoms with Gasteiger partial charge in [0.15, 0.2) is 0 Å². The Labute approximate surface area is 125 Å². The molecule has 2 N–H and O–H groups in total. The molecule has 1 aromatic heterocycles. The van der Waals surface area contributed by atoms with Crippen LogP contribution in [0.1, 0.15) is 31.2 Å². The van der Waals surface area contributed by atoms with E-state index in [9.17, 15) is 5.26 Å². The van der Waals surface area contributed by atoms with Crippen LogP contribution in [0.5, 0.6) is 0 Å². The quantitative estimate of drug-likeness (QED) is 0.907. The fourth-order valence-corrected chi connectivity index (χ4v) is 3.08. The molecule has 1 heterocycles. The Kier molecular flexibility index (Phi) is 4.03. The van der Waals surface area contributed by atoms with E-state index in [1.54, 1.807) is 0 Å². The van der Waals surface area contributed by atoms with Crippen molar-refractivity contribution in [3.63, 3.8) is 0 Å². The van der Waals surface area contributed by atoms with E-state index in [2.05, 4.69) is 21.7 Å². The fraction of sp³-hybridized carbons (Fsp3) is 0.412. The summed E-state index contributed by atoms with van der Waals surface area (Å²) < 4.78 is 0. The summed E-state index contributed by atoms with van der Waals surface area (Å²) in [6, 6.07) is 13.0. The molecule has 0 aliphatic heterocycles. The maximum absolute atomic E-state index is 9.32. The van der Waals surface area contributed by atoms with Gasteiger partial charge in [-0.3, -0.25) is 0 Å². The van der Waals surface area contributed by atoms with Crippen LogP contribution in [-0.4, -0.2) is 24.1 Å². The van der Waals surface area contributed by atoms with Crippen LogP contribution in [0.3, 0.4) is 0 Å². The van der Waals surface area contributed by atoms with Gasteiger partial charge in [-0.15, -0.1) is 0 Å². The number of rotatable bonds is 3. The SMILES string of the molecule is CNC1CCC(Nc2cc(C#N)c3ccccc3n2)CC1. The van der Waals surface area contributed by atoms with Crippen molar-refractivity contribution in [1.29, 1.82) is 5.26 Å². The van der Waals surface area contributed by atoms with Gasteiger partial charge in [-0.1, -0.05) is 18.2 Å². The summed E-state index contributed by atoms with van der Waals surface area (Å²) in [5.74, 6) is 0.818. The smallest absolute Gasteiger partial charge is 0.128 e. The van der Waals surface area contributed by atoms with Crippen LogP contribution < -0.4 is 10.6 Å². The standard InChI is InChI=1S/C17H20N4/c1-19-13-6-8-14(9-7-13)20-17-10-12(11-18)15-4-2-3-5-16(15)21-17/h2-5,10,13-14,19H,6-9H2,1H3,(H,20,21). The predicted molar refractivity (Wildman–Crippen MR) is 85.2 cm³/mol. The van der Waals surface area contributed by atoms with E-state index in [0.717, 1.165) is 29.6 Å². The highest BCUT2D eigenvalue weighted by molar-refractivity contribution is 5.86. The Hall–Kier alpha value is -2.12. The maximum atomic E-state index is 9.32. The molecule has 1 aliphatic rings. The monoisotopic (exact) mass is 280 g/mol. The highest BCUT2D eigenvalue weighted by Crippen LogP contribution is 2.24. The summed E-state index contributed by atoms with van der Waals surface area (Å²) in [4.78, 5) is 4.64. The third kappa shape index (κ3) is 2.98. The van der Waals surface area contributed by atoms with Gasteiger partial charge in [0, 0.05) is 17.5 Å². The summed E-state index contributed by atoms with van der Waals surface area (Å²) >= 11 is 0. The lowest BCUT2D eigenvalue weighted by Crippen LogP contribution is -2.35. The molecule has 1 aromatic carbocycles. The van der Waals surface area contributed by atoms with Gasteiger partial charge >= 0.3 is 0 Å². The van der Waals surface area contributed by atoms with Gasteiger partial charge < -0.3 is 10.6 Å². The van der Waals surface area contributed by atoms with Gasteiger partial charge in [-0.05, 0) is 44.9 Å². The minimum absolute atomic E-state index is 0.454. The molecule has 0 bridgehead atoms. The van der Waals surface area contributed by atoms with Crippen LogP contribution in [0.2, 0.25) is 0 Å². The zero-order chi connectivity index (χ0) is 14.7. The lowest BCUT2D eigenvalue weighted by atomic mass is 9.91. The first-order chi connectivity index (χ1) is 10.3. The molecular weight excluding hydrogens is 260 g/mol. The van der Waals surface area contributed by atoms with Crippen LogP contribution in [0.25, 0.3) is 10.9 Å². The number of aromatic nitrogens is 1. The van der Waals surface area contributed by atoms with Crippen molar-refractivity contribution in [2.45, 2.75) is 37.8 Å². The van der Waals surface area contributed by atoms with Crippen molar-refractivity contribution in [2.75, 3.05) is 12.4 Å². The number of hydrogen-bond donors (Lipinski definition) is 2. The number of hydrogen-bond acceptors (Lipinski definition) is 4. The van der Waals surface area contributed by atoms with Gasteiger partial charge in [0.2, 0.25) is 0 Å². The number of nitrogens with zero attached hydrogens (tertiary/aromatic N) is 2. The Bertz CT molecular complexity index is 666. The number of fused-ring (bicyclic) bond motifs is 1. The lowest BCUT2D eigenvalue weighted by molar-refractivity contribution is 0.371. The van der Waals surface area contributed by atoms with E-state index in [0.29, 0.717) is 17.6 Å². The highest BCUT2D eigenvalue weighted by atomic mass is 15.0. The van der Waals surface area contributed by atoms with Crippen LogP contribution >= 0.6 is 0 Å². The minimum Gasteiger partial charge on any atom is -0.367 e. The van der Waals surface area contributed by atoms with Crippen molar-refractivity contribution in [3.05, 3.63) is 35.9 Å². The second-order valence-electron chi connectivity index (χ2n) is 5.67. The van der Waals surface area contributed by atoms with Gasteiger partial charge in [-0.25, -0.2) is 4.98 Å². The van der Waals surface area contributed by atoms with Gasteiger partial charge in [0.25, 0.3) is 0 Å². The predicted octanol–water partition coefficient (Wildman–Crippen LogP) is 3.05. The van der Waals surface area contributed by atoms with E-state index in [1.807, 2.05) is 37.4 Å². The van der Waals surface area contributed by atoms with Crippen molar-refractivity contribution in [2.24, 2.45) is 0 Å². The molecule has 1 aliphatic carbocycles. The number of benzene rings is 1. The molecule has 0 radical (unpaired) electrons. The van der Waals surface area contributed by atoms with E-state index in [1.165, 1.54) is 12.8 Å². The second kappa shape index (κ2) is 6.11. The molecule has 1 saturated carbocycles. The van der Waals surface area contributed by atoms with Crippen molar-refractivity contribution in [3.8, 4) is 6.07 Å². The Morgan fingerprint density at radius 3 is 2.57 bits per heavy atom. The molecule has 3 rings (SSSR count). The van der Waals surface area contributed by atoms with E-state index < -0.39 is 0 Å². The average Bonchev–Trinajstić information content (AvgIpc) is 2.55. The zero-order valence-electron chi connectivity index (χ0n) is 12.3. The molecule has 0 unspecified atom stereocenters. The van der Waals surface area contributed by atoms with Crippen molar-refractivity contribution >= 4 is 16.7 Å². The number of anilines is 1. The molecule has 2 aromatic rings. The van der Waals surface area contributed by atoms with Gasteiger partial charge in [-0.2, -0.15) is 5.26 Å². The molecule has 1 fully saturated rings. The first-order valence-corrected chi connectivity index (χ1v) is 7.54. The summed E-state index contributed by atoms with van der Waals surface area (Å²) in [6.45, 7) is 0. The van der Waals surface area contributed by atoms with Crippen LogP contribution in [-0.2, 0) is 0 Å². The number of nitrogens with one attached hydrogen (secondary N) is 2. The first-order valence-electron chi connectivity index (χ1n) is 7.54. The summed E-state index contributed by atoms with van der Waals surface area (Å²) in [6.07, 6.45) is 4.66. The first kappa shape index (κ1) is 13.8. The Morgan fingerprint density at radius 1 is 1.14 bits per heavy atom. The second-order valence-corrected chi connectivity index (χ2v) is 5.67. The van der Waals surface area contributed by atoms with E-state index >= 15 is 0 Å². The summed E-state index contributed by atoms with van der Waals surface area (Å²) in [5.41, 5.74) is 1.56. The lowest BCUT2D eigenvalue weighted by Gasteiger charge is -2.29. The minimum atomic E-state index is 0.454. The van der Waals surface area contributed by atoms with Crippen molar-refractivity contribution < 1.29 is 0 Å². The topological polar surface area (TPSA) is 60.7 Å². The third-order valence-corrected chi connectivity index (χ3v) is 4.32. The molecule has 0 spiro atoms. The average molecular weight is 280 g/mol. The van der Waals surface area contributed by atoms with Gasteiger partial charge in [0.05, 0.1) is 17.1 Å². The van der Waals surface area contributed by atoms with E-state index in [4.69, 9.17) is 0 Å². The molecule has 108 valence electrons. The number of nitriles is 1. The Balaban J connectivity index is 1.80. The van der Waals surface area contributed by atoms with E-state index in [-0.39, 0.29) is 0 Å². The van der Waals surface area contributed by atoms with Crippen LogP contribution in [0.15, 0.2) is 30.3 Å². The molecule has 0 saturated heterocycles.